The molecule has 0 heterocycles. The van der Waals surface area contributed by atoms with Crippen molar-refractivity contribution in [1.82, 2.24) is 9.80 Å². The van der Waals surface area contributed by atoms with Gasteiger partial charge in [-0.3, -0.25) is 9.69 Å². The molecule has 0 aromatic heterocycles. The zero-order valence-corrected chi connectivity index (χ0v) is 20.8. The lowest BCUT2D eigenvalue weighted by Gasteiger charge is -2.45. The van der Waals surface area contributed by atoms with Crippen molar-refractivity contribution < 1.29 is 14.3 Å². The van der Waals surface area contributed by atoms with E-state index in [1.54, 1.807) is 37.2 Å². The van der Waals surface area contributed by atoms with E-state index in [-0.39, 0.29) is 12.5 Å². The molecule has 0 aliphatic carbocycles. The van der Waals surface area contributed by atoms with Gasteiger partial charge in [0.1, 0.15) is 5.60 Å². The van der Waals surface area contributed by atoms with Gasteiger partial charge in [0, 0.05) is 26.1 Å². The van der Waals surface area contributed by atoms with Gasteiger partial charge in [0.25, 0.3) is 0 Å². The molecule has 0 unspecified atom stereocenters. The van der Waals surface area contributed by atoms with E-state index in [1.807, 2.05) is 47.6 Å². The molecule has 0 bridgehead atoms. The number of rotatable bonds is 6. The molecule has 0 saturated carbocycles. The van der Waals surface area contributed by atoms with Gasteiger partial charge in [-0.1, -0.05) is 56.1 Å². The van der Waals surface area contributed by atoms with Crippen LogP contribution in [0, 0.1) is 5.41 Å². The fraction of sp³-hybridized carbons (Fsp3) is 0.565. The number of hydrogen-bond donors (Lipinski definition) is 0. The van der Waals surface area contributed by atoms with Crippen LogP contribution in [-0.2, 0) is 15.1 Å². The molecule has 7 heteroatoms. The van der Waals surface area contributed by atoms with Crippen LogP contribution in [0.25, 0.3) is 0 Å². The molecule has 2 amide bonds. The molecule has 0 aliphatic heterocycles. The fourth-order valence-corrected chi connectivity index (χ4v) is 3.57. The first-order valence-corrected chi connectivity index (χ1v) is 10.6. The number of amides is 2. The van der Waals surface area contributed by atoms with Crippen LogP contribution >= 0.6 is 23.2 Å². The Balaban J connectivity index is 3.60. The van der Waals surface area contributed by atoms with Crippen LogP contribution in [0.4, 0.5) is 4.79 Å². The van der Waals surface area contributed by atoms with Crippen molar-refractivity contribution in [3.63, 3.8) is 0 Å². The number of likely N-dealkylation sites (N-methyl/N-ethyl adjacent to an activating group) is 2. The minimum Gasteiger partial charge on any atom is -0.444 e. The summed E-state index contributed by atoms with van der Waals surface area (Å²) < 4.78 is 5.63. The van der Waals surface area contributed by atoms with E-state index in [9.17, 15) is 9.59 Å². The first-order chi connectivity index (χ1) is 13.5. The Bertz CT molecular complexity index is 797. The predicted octanol–water partition coefficient (Wildman–Crippen LogP) is 6.14. The Kier molecular flexibility index (Phi) is 8.43. The molecule has 0 radical (unpaired) electrons. The highest BCUT2D eigenvalue weighted by Gasteiger charge is 2.43. The van der Waals surface area contributed by atoms with Gasteiger partial charge in [-0.2, -0.15) is 0 Å². The third kappa shape index (κ3) is 6.39. The number of halogens is 2. The van der Waals surface area contributed by atoms with Gasteiger partial charge in [-0.05, 0) is 44.9 Å². The second-order valence-electron chi connectivity index (χ2n) is 9.60. The Morgan fingerprint density at radius 1 is 1.07 bits per heavy atom. The van der Waals surface area contributed by atoms with Gasteiger partial charge >= 0.3 is 6.09 Å². The Labute approximate surface area is 191 Å². The van der Waals surface area contributed by atoms with Gasteiger partial charge in [0.15, 0.2) is 0 Å². The third-order valence-electron chi connectivity index (χ3n) is 4.74. The molecule has 0 fully saturated rings. The monoisotopic (exact) mass is 456 g/mol. The maximum absolute atomic E-state index is 13.1. The van der Waals surface area contributed by atoms with E-state index in [0.29, 0.717) is 16.5 Å². The van der Waals surface area contributed by atoms with Crippen molar-refractivity contribution >= 4 is 35.2 Å². The molecule has 0 N–H and O–H groups in total. The summed E-state index contributed by atoms with van der Waals surface area (Å²) >= 11 is 12.4. The van der Waals surface area contributed by atoms with Crippen LogP contribution in [0.15, 0.2) is 30.9 Å². The van der Waals surface area contributed by atoms with Gasteiger partial charge in [0.05, 0.1) is 15.6 Å². The zero-order chi connectivity index (χ0) is 23.5. The maximum atomic E-state index is 13.1. The van der Waals surface area contributed by atoms with Crippen molar-refractivity contribution in [2.75, 3.05) is 20.6 Å². The summed E-state index contributed by atoms with van der Waals surface area (Å²) in [5, 5.41) is 0.775. The molecule has 0 saturated heterocycles. The number of benzene rings is 1. The first kappa shape index (κ1) is 26.3. The number of hydrogen-bond acceptors (Lipinski definition) is 3. The second-order valence-corrected chi connectivity index (χ2v) is 10.4. The van der Waals surface area contributed by atoms with Crippen molar-refractivity contribution in [3.8, 4) is 0 Å². The lowest BCUT2D eigenvalue weighted by molar-refractivity contribution is -0.140. The highest BCUT2D eigenvalue weighted by molar-refractivity contribution is 6.42. The topological polar surface area (TPSA) is 49.9 Å². The fourth-order valence-electron chi connectivity index (χ4n) is 3.28. The molecule has 0 spiro atoms. The number of carbonyl (C=O) groups is 2. The SMILES string of the molecule is C=CC[C@@](CN(C)C(=O)C(C)(C)C)(c1ccc(Cl)c(Cl)c1)N(C)C(=O)OC(C)(C)C. The van der Waals surface area contributed by atoms with Crippen LogP contribution in [0.2, 0.25) is 10.0 Å². The van der Waals surface area contributed by atoms with E-state index in [0.717, 1.165) is 5.56 Å². The van der Waals surface area contributed by atoms with E-state index in [1.165, 1.54) is 4.90 Å². The lowest BCUT2D eigenvalue weighted by Crippen LogP contribution is -2.56. The standard InChI is InChI=1S/C23H34Cl2N2O3/c1-10-13-23(15-26(8)19(28)21(2,3)4,16-11-12-17(24)18(25)14-16)27(9)20(29)30-22(5,6)7/h10-12,14H,1,13,15H2,2-9H3/t23-/m1/s1. The van der Waals surface area contributed by atoms with E-state index in [2.05, 4.69) is 6.58 Å². The van der Waals surface area contributed by atoms with Crippen LogP contribution < -0.4 is 0 Å². The lowest BCUT2D eigenvalue weighted by atomic mass is 9.83. The Morgan fingerprint density at radius 2 is 1.63 bits per heavy atom. The second kappa shape index (κ2) is 9.61. The first-order valence-electron chi connectivity index (χ1n) is 9.84. The molecule has 0 aliphatic rings. The predicted molar refractivity (Wildman–Crippen MR) is 124 cm³/mol. The normalized spacial score (nSPS) is 13.9. The molecule has 5 nitrogen and oxygen atoms in total. The molecule has 1 aromatic rings. The molecule has 30 heavy (non-hydrogen) atoms. The summed E-state index contributed by atoms with van der Waals surface area (Å²) in [6, 6.07) is 5.23. The molecular formula is C23H34Cl2N2O3. The van der Waals surface area contributed by atoms with Crippen molar-refractivity contribution in [3.05, 3.63) is 46.5 Å². The molecule has 168 valence electrons. The summed E-state index contributed by atoms with van der Waals surface area (Å²) in [5.74, 6) is -0.0476. The smallest absolute Gasteiger partial charge is 0.410 e. The average molecular weight is 457 g/mol. The van der Waals surface area contributed by atoms with E-state index in [4.69, 9.17) is 27.9 Å². The van der Waals surface area contributed by atoms with Crippen molar-refractivity contribution in [1.29, 1.82) is 0 Å². The quantitative estimate of drug-likeness (QED) is 0.483. The van der Waals surface area contributed by atoms with E-state index < -0.39 is 22.6 Å². The average Bonchev–Trinajstić information content (AvgIpc) is 2.59. The van der Waals surface area contributed by atoms with Crippen LogP contribution in [-0.4, -0.2) is 48.0 Å². The molecule has 1 aromatic carbocycles. The summed E-state index contributed by atoms with van der Waals surface area (Å²) in [4.78, 5) is 29.2. The van der Waals surface area contributed by atoms with Crippen LogP contribution in [0.3, 0.4) is 0 Å². The minimum absolute atomic E-state index is 0.0476. The zero-order valence-electron chi connectivity index (χ0n) is 19.3. The Morgan fingerprint density at radius 3 is 2.07 bits per heavy atom. The van der Waals surface area contributed by atoms with Crippen molar-refractivity contribution in [2.45, 2.75) is 59.1 Å². The number of ether oxygens (including phenoxy) is 1. The van der Waals surface area contributed by atoms with E-state index >= 15 is 0 Å². The minimum atomic E-state index is -0.950. The highest BCUT2D eigenvalue weighted by Crippen LogP contribution is 2.37. The van der Waals surface area contributed by atoms with Crippen LogP contribution in [0.5, 0.6) is 0 Å². The molecular weight excluding hydrogens is 423 g/mol. The van der Waals surface area contributed by atoms with Gasteiger partial charge in [-0.25, -0.2) is 4.79 Å². The summed E-state index contributed by atoms with van der Waals surface area (Å²) in [6.07, 6.45) is 1.59. The molecule has 1 rings (SSSR count). The van der Waals surface area contributed by atoms with Crippen molar-refractivity contribution in [2.24, 2.45) is 5.41 Å². The largest absolute Gasteiger partial charge is 0.444 e. The van der Waals surface area contributed by atoms with Gasteiger partial charge < -0.3 is 9.64 Å². The summed E-state index contributed by atoms with van der Waals surface area (Å²) in [5.41, 5.74) is -1.46. The number of carbonyl (C=O) groups excluding carboxylic acids is 2. The maximum Gasteiger partial charge on any atom is 0.410 e. The summed E-state index contributed by atoms with van der Waals surface area (Å²) in [6.45, 7) is 15.1. The third-order valence-corrected chi connectivity index (χ3v) is 5.47. The highest BCUT2D eigenvalue weighted by atomic mass is 35.5. The number of nitrogens with zero attached hydrogens (tertiary/aromatic N) is 2. The van der Waals surface area contributed by atoms with Gasteiger partial charge in [0.2, 0.25) is 5.91 Å². The van der Waals surface area contributed by atoms with Crippen LogP contribution in [0.1, 0.15) is 53.5 Å². The molecule has 1 atom stereocenters. The Hall–Kier alpha value is -1.72. The van der Waals surface area contributed by atoms with Gasteiger partial charge in [-0.15, -0.1) is 6.58 Å². The summed E-state index contributed by atoms with van der Waals surface area (Å²) in [7, 11) is 3.39.